The summed E-state index contributed by atoms with van der Waals surface area (Å²) in [6, 6.07) is 15.8. The number of fused-ring (bicyclic) bond motifs is 1. The van der Waals surface area contributed by atoms with Gasteiger partial charge < -0.3 is 20.3 Å². The molecule has 1 aliphatic carbocycles. The van der Waals surface area contributed by atoms with E-state index in [2.05, 4.69) is 49.3 Å². The minimum absolute atomic E-state index is 0.0334. The summed E-state index contributed by atoms with van der Waals surface area (Å²) in [5.74, 6) is -0.657. The van der Waals surface area contributed by atoms with Gasteiger partial charge in [-0.1, -0.05) is 24.3 Å². The molecule has 6 nitrogen and oxygen atoms in total. The molecule has 0 radical (unpaired) electrons. The fourth-order valence-corrected chi connectivity index (χ4v) is 5.23. The Balaban J connectivity index is 1.51. The monoisotopic (exact) mass is 559 g/mol. The van der Waals surface area contributed by atoms with Crippen LogP contribution in [0.4, 0.5) is 0 Å². The van der Waals surface area contributed by atoms with Crippen LogP contribution in [0.2, 0.25) is 0 Å². The van der Waals surface area contributed by atoms with Gasteiger partial charge in [0.2, 0.25) is 0 Å². The van der Waals surface area contributed by atoms with Crippen molar-refractivity contribution in [2.24, 2.45) is 0 Å². The highest BCUT2D eigenvalue weighted by atomic mass is 79.9. The Morgan fingerprint density at radius 2 is 1.62 bits per heavy atom. The van der Waals surface area contributed by atoms with Crippen LogP contribution in [0.1, 0.15) is 27.0 Å². The van der Waals surface area contributed by atoms with Crippen molar-refractivity contribution in [2.75, 3.05) is 0 Å². The first-order valence-electron chi connectivity index (χ1n) is 9.88. The molecule has 3 aromatic carbocycles. The Morgan fingerprint density at radius 1 is 1.00 bits per heavy atom. The van der Waals surface area contributed by atoms with Crippen molar-refractivity contribution in [1.82, 2.24) is 5.32 Å². The summed E-state index contributed by atoms with van der Waals surface area (Å²) in [6.07, 6.45) is 1.38. The van der Waals surface area contributed by atoms with Crippen molar-refractivity contribution in [3.8, 4) is 17.2 Å². The predicted molar refractivity (Wildman–Crippen MR) is 126 cm³/mol. The molecule has 0 spiro atoms. The molecular weight excluding hydrogens is 542 g/mol. The van der Waals surface area contributed by atoms with Crippen LogP contribution in [-0.4, -0.2) is 28.1 Å². The molecule has 0 aliphatic heterocycles. The maximum Gasteiger partial charge on any atom is 0.307 e. The van der Waals surface area contributed by atoms with E-state index in [0.29, 0.717) is 26.0 Å². The van der Waals surface area contributed by atoms with Gasteiger partial charge in [-0.15, -0.1) is 0 Å². The van der Waals surface area contributed by atoms with Crippen LogP contribution >= 0.6 is 31.9 Å². The van der Waals surface area contributed by atoms with Crippen LogP contribution in [0.25, 0.3) is 0 Å². The number of carbonyl (C=O) groups excluding carboxylic acids is 1. The predicted octanol–water partition coefficient (Wildman–Crippen LogP) is 5.23. The number of phenols is 1. The molecule has 164 valence electrons. The molecule has 4 rings (SSSR count). The average molecular weight is 561 g/mol. The summed E-state index contributed by atoms with van der Waals surface area (Å²) in [4.78, 5) is 23.8. The largest absolute Gasteiger partial charge is 0.507 e. The van der Waals surface area contributed by atoms with Gasteiger partial charge in [-0.25, -0.2) is 0 Å². The van der Waals surface area contributed by atoms with Crippen molar-refractivity contribution >= 4 is 43.7 Å². The Kier molecular flexibility index (Phi) is 6.53. The molecule has 1 aliphatic rings. The van der Waals surface area contributed by atoms with E-state index in [-0.39, 0.29) is 29.7 Å². The zero-order valence-electron chi connectivity index (χ0n) is 16.8. The number of carboxylic acids is 1. The number of halogens is 2. The van der Waals surface area contributed by atoms with Gasteiger partial charge >= 0.3 is 5.97 Å². The number of ether oxygens (including phenoxy) is 1. The lowest BCUT2D eigenvalue weighted by atomic mass is 10.1. The summed E-state index contributed by atoms with van der Waals surface area (Å²) in [7, 11) is 0. The third kappa shape index (κ3) is 4.97. The molecule has 0 bridgehead atoms. The number of phenolic OH excluding ortho intramolecular Hbond substituents is 1. The van der Waals surface area contributed by atoms with Crippen molar-refractivity contribution in [1.29, 1.82) is 0 Å². The van der Waals surface area contributed by atoms with Crippen molar-refractivity contribution in [2.45, 2.75) is 25.3 Å². The molecule has 0 heterocycles. The molecule has 1 amide bonds. The van der Waals surface area contributed by atoms with E-state index in [4.69, 9.17) is 9.84 Å². The van der Waals surface area contributed by atoms with Gasteiger partial charge in [-0.3, -0.25) is 9.59 Å². The molecule has 0 atom stereocenters. The molecule has 0 fully saturated rings. The van der Waals surface area contributed by atoms with Crippen LogP contribution in [0, 0.1) is 0 Å². The van der Waals surface area contributed by atoms with Gasteiger partial charge in [-0.05, 0) is 91.7 Å². The zero-order valence-corrected chi connectivity index (χ0v) is 19.9. The van der Waals surface area contributed by atoms with Gasteiger partial charge in [0.1, 0.15) is 11.5 Å². The van der Waals surface area contributed by atoms with E-state index in [1.54, 1.807) is 18.2 Å². The zero-order chi connectivity index (χ0) is 22.8. The number of amides is 1. The number of carboxylic acid groups (broad SMARTS) is 1. The average Bonchev–Trinajstić information content (AvgIpc) is 3.13. The van der Waals surface area contributed by atoms with Crippen LogP contribution < -0.4 is 10.1 Å². The molecule has 0 unspecified atom stereocenters. The van der Waals surface area contributed by atoms with E-state index in [0.717, 1.165) is 12.8 Å². The standard InChI is InChI=1S/C24H19Br2NO5/c25-19-7-13(9-22(29)30)8-20(26)23(19)32-17-5-6-21(28)18(12-17)24(31)27-16-10-14-3-1-2-4-15(14)11-16/h1-8,12,16,28H,9-11H2,(H,27,31)(H,29,30). The van der Waals surface area contributed by atoms with E-state index >= 15 is 0 Å². The lowest BCUT2D eigenvalue weighted by Gasteiger charge is -2.15. The minimum atomic E-state index is -0.933. The SMILES string of the molecule is O=C(O)Cc1cc(Br)c(Oc2ccc(O)c(C(=O)NC3Cc4ccccc4C3)c2)c(Br)c1. The summed E-state index contributed by atoms with van der Waals surface area (Å²) in [5, 5.41) is 22.2. The maximum absolute atomic E-state index is 12.9. The number of benzene rings is 3. The number of hydrogen-bond donors (Lipinski definition) is 3. The van der Waals surface area contributed by atoms with Crippen molar-refractivity contribution < 1.29 is 24.5 Å². The van der Waals surface area contributed by atoms with E-state index in [1.807, 2.05) is 12.1 Å². The Labute approximate surface area is 201 Å². The summed E-state index contributed by atoms with van der Waals surface area (Å²) in [6.45, 7) is 0. The number of aliphatic carboxylic acids is 1. The number of rotatable bonds is 6. The van der Waals surface area contributed by atoms with Gasteiger partial charge in [0.15, 0.2) is 5.75 Å². The van der Waals surface area contributed by atoms with Gasteiger partial charge in [0, 0.05) is 6.04 Å². The molecule has 0 aromatic heterocycles. The van der Waals surface area contributed by atoms with Gasteiger partial charge in [0.05, 0.1) is 20.9 Å². The topological polar surface area (TPSA) is 95.9 Å². The molecule has 3 aromatic rings. The van der Waals surface area contributed by atoms with Crippen molar-refractivity contribution in [3.63, 3.8) is 0 Å². The second-order valence-electron chi connectivity index (χ2n) is 7.59. The van der Waals surface area contributed by atoms with E-state index in [9.17, 15) is 14.7 Å². The smallest absolute Gasteiger partial charge is 0.307 e. The number of nitrogens with one attached hydrogen (secondary N) is 1. The molecule has 0 saturated carbocycles. The minimum Gasteiger partial charge on any atom is -0.507 e. The molecule has 3 N–H and O–H groups in total. The van der Waals surface area contributed by atoms with Gasteiger partial charge in [-0.2, -0.15) is 0 Å². The third-order valence-corrected chi connectivity index (χ3v) is 6.41. The first-order valence-corrected chi connectivity index (χ1v) is 11.5. The van der Waals surface area contributed by atoms with Crippen LogP contribution in [0.15, 0.2) is 63.5 Å². The summed E-state index contributed by atoms with van der Waals surface area (Å²) < 4.78 is 7.06. The van der Waals surface area contributed by atoms with E-state index < -0.39 is 5.97 Å². The number of carbonyl (C=O) groups is 2. The molecule has 8 heteroatoms. The highest BCUT2D eigenvalue weighted by molar-refractivity contribution is 9.11. The summed E-state index contributed by atoms with van der Waals surface area (Å²) >= 11 is 6.81. The number of hydrogen-bond acceptors (Lipinski definition) is 4. The van der Waals surface area contributed by atoms with Crippen LogP contribution in [0.5, 0.6) is 17.2 Å². The molecule has 32 heavy (non-hydrogen) atoms. The van der Waals surface area contributed by atoms with Crippen LogP contribution in [-0.2, 0) is 24.1 Å². The Morgan fingerprint density at radius 3 is 2.22 bits per heavy atom. The van der Waals surface area contributed by atoms with Crippen molar-refractivity contribution in [3.05, 3.63) is 85.8 Å². The lowest BCUT2D eigenvalue weighted by molar-refractivity contribution is -0.136. The Hall–Kier alpha value is -2.84. The van der Waals surface area contributed by atoms with Crippen LogP contribution in [0.3, 0.4) is 0 Å². The maximum atomic E-state index is 12.9. The highest BCUT2D eigenvalue weighted by Gasteiger charge is 2.24. The first kappa shape index (κ1) is 22.4. The second kappa shape index (κ2) is 9.34. The summed E-state index contributed by atoms with van der Waals surface area (Å²) in [5.41, 5.74) is 3.17. The fraction of sp³-hybridized carbons (Fsp3) is 0.167. The molecule has 0 saturated heterocycles. The lowest BCUT2D eigenvalue weighted by Crippen LogP contribution is -2.35. The Bertz CT molecular complexity index is 1160. The number of aromatic hydroxyl groups is 1. The fourth-order valence-electron chi connectivity index (χ4n) is 3.79. The van der Waals surface area contributed by atoms with Gasteiger partial charge in [0.25, 0.3) is 5.91 Å². The normalized spacial score (nSPS) is 12.9. The highest BCUT2D eigenvalue weighted by Crippen LogP contribution is 2.39. The van der Waals surface area contributed by atoms with E-state index in [1.165, 1.54) is 23.3 Å². The first-order chi connectivity index (χ1) is 15.3. The third-order valence-electron chi connectivity index (χ3n) is 5.23. The molecular formula is C24H19Br2NO5. The quantitative estimate of drug-likeness (QED) is 0.383. The second-order valence-corrected chi connectivity index (χ2v) is 9.30.